The predicted molar refractivity (Wildman–Crippen MR) is 82.3 cm³/mol. The average molecular weight is 311 g/mol. The summed E-state index contributed by atoms with van der Waals surface area (Å²) in [5.74, 6) is 0. The molecule has 1 N–H and O–H groups in total. The molecule has 2 rings (SSSR count). The standard InChI is InChI=1S/C15H23BrN2/c1-3-15(4-2)12-18(11-5-10-17-15)14-8-6-13(16)7-9-14/h6-9,17H,3-5,10-12H2,1-2H3. The van der Waals surface area contributed by atoms with Gasteiger partial charge in [0, 0.05) is 28.8 Å². The molecule has 1 aromatic rings. The van der Waals surface area contributed by atoms with Crippen LogP contribution in [0.4, 0.5) is 5.69 Å². The molecule has 1 fully saturated rings. The Morgan fingerprint density at radius 2 is 1.89 bits per heavy atom. The SMILES string of the molecule is CCC1(CC)CN(c2ccc(Br)cc2)CCCN1. The van der Waals surface area contributed by atoms with E-state index in [1.807, 2.05) is 0 Å². The third kappa shape index (κ3) is 3.07. The van der Waals surface area contributed by atoms with E-state index < -0.39 is 0 Å². The highest BCUT2D eigenvalue weighted by Crippen LogP contribution is 2.25. The molecule has 0 atom stereocenters. The van der Waals surface area contributed by atoms with E-state index in [0.29, 0.717) is 0 Å². The Morgan fingerprint density at radius 3 is 2.50 bits per heavy atom. The van der Waals surface area contributed by atoms with Crippen LogP contribution in [0, 0.1) is 0 Å². The molecule has 1 aliphatic heterocycles. The molecule has 0 spiro atoms. The Kier molecular flexibility index (Phi) is 4.68. The largest absolute Gasteiger partial charge is 0.370 e. The second-order valence-electron chi connectivity index (χ2n) is 5.17. The van der Waals surface area contributed by atoms with Crippen molar-refractivity contribution in [2.24, 2.45) is 0 Å². The van der Waals surface area contributed by atoms with Crippen molar-refractivity contribution in [3.63, 3.8) is 0 Å². The number of nitrogens with one attached hydrogen (secondary N) is 1. The number of nitrogens with zero attached hydrogens (tertiary/aromatic N) is 1. The molecule has 1 heterocycles. The molecule has 1 saturated heterocycles. The van der Waals surface area contributed by atoms with E-state index in [-0.39, 0.29) is 5.54 Å². The lowest BCUT2D eigenvalue weighted by Gasteiger charge is -2.36. The number of halogens is 1. The lowest BCUT2D eigenvalue weighted by molar-refractivity contribution is 0.321. The maximum atomic E-state index is 3.75. The van der Waals surface area contributed by atoms with E-state index >= 15 is 0 Å². The van der Waals surface area contributed by atoms with Crippen molar-refractivity contribution in [2.75, 3.05) is 24.5 Å². The zero-order chi connectivity index (χ0) is 13.0. The quantitative estimate of drug-likeness (QED) is 0.913. The normalized spacial score (nSPS) is 19.6. The molecule has 1 aliphatic rings. The van der Waals surface area contributed by atoms with Crippen LogP contribution in [-0.4, -0.2) is 25.2 Å². The van der Waals surface area contributed by atoms with E-state index in [0.717, 1.165) is 24.1 Å². The van der Waals surface area contributed by atoms with Crippen molar-refractivity contribution >= 4 is 21.6 Å². The highest BCUT2D eigenvalue weighted by Gasteiger charge is 2.30. The van der Waals surface area contributed by atoms with Crippen LogP contribution >= 0.6 is 15.9 Å². The highest BCUT2D eigenvalue weighted by atomic mass is 79.9. The van der Waals surface area contributed by atoms with Gasteiger partial charge in [0.25, 0.3) is 0 Å². The van der Waals surface area contributed by atoms with Crippen molar-refractivity contribution in [1.82, 2.24) is 5.32 Å². The van der Waals surface area contributed by atoms with Crippen molar-refractivity contribution in [3.8, 4) is 0 Å². The van der Waals surface area contributed by atoms with Crippen LogP contribution in [0.2, 0.25) is 0 Å². The third-order valence-corrected chi connectivity index (χ3v) is 4.67. The fourth-order valence-corrected chi connectivity index (χ4v) is 2.98. The first-order chi connectivity index (χ1) is 8.69. The second-order valence-corrected chi connectivity index (χ2v) is 6.08. The Bertz CT molecular complexity index is 371. The molecule has 0 aromatic heterocycles. The van der Waals surface area contributed by atoms with Gasteiger partial charge in [0.05, 0.1) is 0 Å². The molecule has 18 heavy (non-hydrogen) atoms. The molecule has 1 aromatic carbocycles. The minimum Gasteiger partial charge on any atom is -0.370 e. The van der Waals surface area contributed by atoms with Crippen molar-refractivity contribution in [3.05, 3.63) is 28.7 Å². The van der Waals surface area contributed by atoms with Gasteiger partial charge in [-0.25, -0.2) is 0 Å². The first kappa shape index (κ1) is 13.9. The lowest BCUT2D eigenvalue weighted by atomic mass is 9.92. The first-order valence-electron chi connectivity index (χ1n) is 6.94. The molecule has 2 nitrogen and oxygen atoms in total. The molecule has 0 aliphatic carbocycles. The van der Waals surface area contributed by atoms with Gasteiger partial charge in [-0.3, -0.25) is 0 Å². The Morgan fingerprint density at radius 1 is 1.22 bits per heavy atom. The second kappa shape index (κ2) is 6.07. The van der Waals surface area contributed by atoms with Crippen molar-refractivity contribution in [1.29, 1.82) is 0 Å². The summed E-state index contributed by atoms with van der Waals surface area (Å²) in [6, 6.07) is 8.69. The molecule has 0 amide bonds. The maximum absolute atomic E-state index is 3.75. The number of hydrogen-bond donors (Lipinski definition) is 1. The zero-order valence-electron chi connectivity index (χ0n) is 11.4. The van der Waals surface area contributed by atoms with Gasteiger partial charge in [-0.05, 0) is 50.1 Å². The molecule has 0 radical (unpaired) electrons. The fourth-order valence-electron chi connectivity index (χ4n) is 2.72. The van der Waals surface area contributed by atoms with Crippen molar-refractivity contribution in [2.45, 2.75) is 38.6 Å². The van der Waals surface area contributed by atoms with Gasteiger partial charge < -0.3 is 10.2 Å². The molecule has 0 unspecified atom stereocenters. The minimum absolute atomic E-state index is 0.281. The lowest BCUT2D eigenvalue weighted by Crippen LogP contribution is -2.50. The number of hydrogen-bond acceptors (Lipinski definition) is 2. The Labute approximate surface area is 119 Å². The summed E-state index contributed by atoms with van der Waals surface area (Å²) in [6.07, 6.45) is 3.60. The van der Waals surface area contributed by atoms with Gasteiger partial charge in [0.2, 0.25) is 0 Å². The van der Waals surface area contributed by atoms with Gasteiger partial charge in [-0.2, -0.15) is 0 Å². The van der Waals surface area contributed by atoms with Crippen LogP contribution < -0.4 is 10.2 Å². The van der Waals surface area contributed by atoms with Gasteiger partial charge in [0.1, 0.15) is 0 Å². The smallest absolute Gasteiger partial charge is 0.0367 e. The number of rotatable bonds is 3. The van der Waals surface area contributed by atoms with Gasteiger partial charge >= 0.3 is 0 Å². The van der Waals surface area contributed by atoms with Crippen LogP contribution in [0.5, 0.6) is 0 Å². The monoisotopic (exact) mass is 310 g/mol. The summed E-state index contributed by atoms with van der Waals surface area (Å²) in [5.41, 5.74) is 1.62. The fraction of sp³-hybridized carbons (Fsp3) is 0.600. The van der Waals surface area contributed by atoms with Gasteiger partial charge in [-0.1, -0.05) is 29.8 Å². The predicted octanol–water partition coefficient (Wildman–Crippen LogP) is 3.81. The third-order valence-electron chi connectivity index (χ3n) is 4.14. The molecule has 0 saturated carbocycles. The van der Waals surface area contributed by atoms with Gasteiger partial charge in [0.15, 0.2) is 0 Å². The first-order valence-corrected chi connectivity index (χ1v) is 7.74. The highest BCUT2D eigenvalue weighted by molar-refractivity contribution is 9.10. The van der Waals surface area contributed by atoms with E-state index in [1.165, 1.54) is 24.9 Å². The molecule has 0 bridgehead atoms. The van der Waals surface area contributed by atoms with E-state index in [2.05, 4.69) is 64.3 Å². The summed E-state index contributed by atoms with van der Waals surface area (Å²) in [7, 11) is 0. The number of anilines is 1. The minimum atomic E-state index is 0.281. The summed E-state index contributed by atoms with van der Waals surface area (Å²) in [6.45, 7) is 7.98. The number of benzene rings is 1. The van der Waals surface area contributed by atoms with Crippen molar-refractivity contribution < 1.29 is 0 Å². The van der Waals surface area contributed by atoms with Crippen LogP contribution in [0.15, 0.2) is 28.7 Å². The molecule has 100 valence electrons. The zero-order valence-corrected chi connectivity index (χ0v) is 13.0. The van der Waals surface area contributed by atoms with Crippen LogP contribution in [0.3, 0.4) is 0 Å². The molecular formula is C15H23BrN2. The summed E-state index contributed by atoms with van der Waals surface area (Å²) in [5, 5.41) is 3.75. The summed E-state index contributed by atoms with van der Waals surface area (Å²) < 4.78 is 1.15. The van der Waals surface area contributed by atoms with Gasteiger partial charge in [-0.15, -0.1) is 0 Å². The average Bonchev–Trinajstić information content (AvgIpc) is 2.63. The van der Waals surface area contributed by atoms with Crippen LogP contribution in [0.1, 0.15) is 33.1 Å². The van der Waals surface area contributed by atoms with E-state index in [9.17, 15) is 0 Å². The molecule has 3 heteroatoms. The summed E-state index contributed by atoms with van der Waals surface area (Å²) >= 11 is 3.50. The molecular weight excluding hydrogens is 288 g/mol. The topological polar surface area (TPSA) is 15.3 Å². The van der Waals surface area contributed by atoms with E-state index in [1.54, 1.807) is 0 Å². The Hall–Kier alpha value is -0.540. The van der Waals surface area contributed by atoms with E-state index in [4.69, 9.17) is 0 Å². The maximum Gasteiger partial charge on any atom is 0.0367 e. The van der Waals surface area contributed by atoms with Crippen LogP contribution in [0.25, 0.3) is 0 Å². The van der Waals surface area contributed by atoms with Crippen LogP contribution in [-0.2, 0) is 0 Å². The Balaban J connectivity index is 2.19. The summed E-state index contributed by atoms with van der Waals surface area (Å²) in [4.78, 5) is 2.53.